The van der Waals surface area contributed by atoms with E-state index < -0.39 is 11.9 Å². The van der Waals surface area contributed by atoms with Crippen molar-refractivity contribution >= 4 is 11.9 Å². The molecule has 0 saturated heterocycles. The summed E-state index contributed by atoms with van der Waals surface area (Å²) in [5.74, 6) is -0.936. The van der Waals surface area contributed by atoms with Crippen LogP contribution in [-0.2, 0) is 9.59 Å². The molecule has 1 amide bonds. The summed E-state index contributed by atoms with van der Waals surface area (Å²) in [6, 6.07) is -0.199. The first kappa shape index (κ1) is 17.0. The number of nitrogens with one attached hydrogen (secondary N) is 1. The maximum atomic E-state index is 12.1. The van der Waals surface area contributed by atoms with Gasteiger partial charge in [-0.1, -0.05) is 47.0 Å². The van der Waals surface area contributed by atoms with Gasteiger partial charge in [0.05, 0.1) is 5.92 Å². The third-order valence-corrected chi connectivity index (χ3v) is 4.65. The van der Waals surface area contributed by atoms with E-state index in [1.807, 2.05) is 0 Å². The minimum absolute atomic E-state index is 0.00873. The van der Waals surface area contributed by atoms with E-state index >= 15 is 0 Å². The predicted molar refractivity (Wildman–Crippen MR) is 79.4 cm³/mol. The number of rotatable bonds is 4. The molecule has 1 saturated carbocycles. The van der Waals surface area contributed by atoms with Crippen molar-refractivity contribution in [3.8, 4) is 0 Å². The average molecular weight is 283 g/mol. The Bertz CT molecular complexity index is 346. The Balaban J connectivity index is 2.59. The van der Waals surface area contributed by atoms with Crippen LogP contribution in [0.4, 0.5) is 0 Å². The third kappa shape index (κ3) is 5.14. The summed E-state index contributed by atoms with van der Waals surface area (Å²) in [5, 5.41) is 12.3. The van der Waals surface area contributed by atoms with Crippen LogP contribution in [0, 0.1) is 17.3 Å². The van der Waals surface area contributed by atoms with Crippen LogP contribution in [0.1, 0.15) is 66.2 Å². The molecular formula is C16H29NO3. The molecule has 2 N–H and O–H groups in total. The maximum Gasteiger partial charge on any atom is 0.308 e. The van der Waals surface area contributed by atoms with Crippen LogP contribution in [0.25, 0.3) is 0 Å². The Morgan fingerprint density at radius 1 is 1.20 bits per heavy atom. The van der Waals surface area contributed by atoms with Crippen molar-refractivity contribution < 1.29 is 14.7 Å². The number of carboxylic acid groups (broad SMARTS) is 1. The summed E-state index contributed by atoms with van der Waals surface area (Å²) >= 11 is 0. The lowest BCUT2D eigenvalue weighted by atomic mass is 9.80. The molecule has 0 aliphatic heterocycles. The minimum Gasteiger partial charge on any atom is -0.481 e. The highest BCUT2D eigenvalue weighted by molar-refractivity contribution is 5.78. The summed E-state index contributed by atoms with van der Waals surface area (Å²) < 4.78 is 0. The van der Waals surface area contributed by atoms with Crippen LogP contribution in [0.15, 0.2) is 0 Å². The van der Waals surface area contributed by atoms with E-state index in [0.717, 1.165) is 25.7 Å². The van der Waals surface area contributed by atoms with Crippen LogP contribution in [-0.4, -0.2) is 23.0 Å². The number of amides is 1. The number of hydrogen-bond donors (Lipinski definition) is 2. The van der Waals surface area contributed by atoms with Crippen LogP contribution < -0.4 is 5.32 Å². The molecule has 4 nitrogen and oxygen atoms in total. The predicted octanol–water partition coefficient (Wildman–Crippen LogP) is 3.21. The van der Waals surface area contributed by atoms with E-state index in [1.165, 1.54) is 0 Å². The Hall–Kier alpha value is -1.06. The lowest BCUT2D eigenvalue weighted by molar-refractivity contribution is -0.143. The molecule has 1 rings (SSSR count). The molecule has 4 heteroatoms. The molecule has 1 aliphatic carbocycles. The molecule has 3 unspecified atom stereocenters. The second-order valence-corrected chi connectivity index (χ2v) is 7.23. The summed E-state index contributed by atoms with van der Waals surface area (Å²) in [4.78, 5) is 23.5. The van der Waals surface area contributed by atoms with E-state index in [9.17, 15) is 14.7 Å². The molecule has 0 aromatic heterocycles. The zero-order chi connectivity index (χ0) is 15.3. The molecule has 1 aliphatic rings. The second-order valence-electron chi connectivity index (χ2n) is 7.23. The Kier molecular flexibility index (Phi) is 6.03. The Labute approximate surface area is 122 Å². The van der Waals surface area contributed by atoms with Gasteiger partial charge in [0, 0.05) is 12.5 Å². The highest BCUT2D eigenvalue weighted by atomic mass is 16.4. The minimum atomic E-state index is -0.777. The number of carbonyl (C=O) groups excluding carboxylic acids is 1. The van der Waals surface area contributed by atoms with Crippen LogP contribution in [0.2, 0.25) is 0 Å². The van der Waals surface area contributed by atoms with Crippen molar-refractivity contribution in [2.75, 3.05) is 0 Å². The van der Waals surface area contributed by atoms with Gasteiger partial charge in [0.1, 0.15) is 0 Å². The smallest absolute Gasteiger partial charge is 0.308 e. The van der Waals surface area contributed by atoms with Gasteiger partial charge in [-0.3, -0.25) is 9.59 Å². The average Bonchev–Trinajstić information content (AvgIpc) is 2.52. The molecular weight excluding hydrogens is 254 g/mol. The molecule has 0 aromatic rings. The van der Waals surface area contributed by atoms with Gasteiger partial charge in [0.15, 0.2) is 0 Å². The van der Waals surface area contributed by atoms with Gasteiger partial charge in [-0.2, -0.15) is 0 Å². The molecule has 0 bridgehead atoms. The molecule has 0 aromatic carbocycles. The molecule has 0 heterocycles. The summed E-state index contributed by atoms with van der Waals surface area (Å²) in [5.41, 5.74) is 0.0903. The largest absolute Gasteiger partial charge is 0.481 e. The van der Waals surface area contributed by atoms with Gasteiger partial charge >= 0.3 is 5.97 Å². The molecule has 0 radical (unpaired) electrons. The molecule has 3 atom stereocenters. The monoisotopic (exact) mass is 283 g/mol. The maximum absolute atomic E-state index is 12.1. The topological polar surface area (TPSA) is 66.4 Å². The standard InChI is InChI=1S/C16H29NO3/c1-11(16(2,3)4)10-14(18)17-13-9-7-5-6-8-12(13)15(19)20/h11-13H,5-10H2,1-4H3,(H,17,18)(H,19,20). The van der Waals surface area contributed by atoms with Gasteiger partial charge in [0.2, 0.25) is 5.91 Å². The lowest BCUT2D eigenvalue weighted by Crippen LogP contribution is -2.43. The van der Waals surface area contributed by atoms with E-state index in [1.54, 1.807) is 0 Å². The van der Waals surface area contributed by atoms with Crippen LogP contribution in [0.5, 0.6) is 0 Å². The highest BCUT2D eigenvalue weighted by Gasteiger charge is 2.31. The fourth-order valence-electron chi connectivity index (χ4n) is 2.63. The summed E-state index contributed by atoms with van der Waals surface area (Å²) in [6.07, 6.45) is 4.94. The summed E-state index contributed by atoms with van der Waals surface area (Å²) in [7, 11) is 0. The number of aliphatic carboxylic acids is 1. The Morgan fingerprint density at radius 2 is 1.80 bits per heavy atom. The van der Waals surface area contributed by atoms with Crippen LogP contribution in [0.3, 0.4) is 0 Å². The fraction of sp³-hybridized carbons (Fsp3) is 0.875. The number of hydrogen-bond acceptors (Lipinski definition) is 2. The van der Waals surface area contributed by atoms with E-state index in [-0.39, 0.29) is 23.3 Å². The molecule has 20 heavy (non-hydrogen) atoms. The zero-order valence-corrected chi connectivity index (χ0v) is 13.2. The van der Waals surface area contributed by atoms with Gasteiger partial charge in [-0.15, -0.1) is 0 Å². The first-order valence-electron chi connectivity index (χ1n) is 7.74. The molecule has 116 valence electrons. The first-order chi connectivity index (χ1) is 9.21. The molecule has 0 spiro atoms. The third-order valence-electron chi connectivity index (χ3n) is 4.65. The van der Waals surface area contributed by atoms with Crippen molar-refractivity contribution in [3.05, 3.63) is 0 Å². The normalized spacial score (nSPS) is 25.6. The quantitative estimate of drug-likeness (QED) is 0.779. The van der Waals surface area contributed by atoms with Gasteiger partial charge in [0.25, 0.3) is 0 Å². The fourth-order valence-corrected chi connectivity index (χ4v) is 2.63. The second kappa shape index (κ2) is 7.09. The van der Waals surface area contributed by atoms with E-state index in [0.29, 0.717) is 12.8 Å². The van der Waals surface area contributed by atoms with Gasteiger partial charge < -0.3 is 10.4 Å². The van der Waals surface area contributed by atoms with Crippen molar-refractivity contribution in [1.82, 2.24) is 5.32 Å². The van der Waals surface area contributed by atoms with Crippen LogP contribution >= 0.6 is 0 Å². The lowest BCUT2D eigenvalue weighted by Gasteiger charge is -2.28. The van der Waals surface area contributed by atoms with Crippen molar-refractivity contribution in [2.45, 2.75) is 72.3 Å². The number of carbonyl (C=O) groups is 2. The molecule has 1 fully saturated rings. The van der Waals surface area contributed by atoms with E-state index in [2.05, 4.69) is 33.0 Å². The van der Waals surface area contributed by atoms with Gasteiger partial charge in [-0.05, 0) is 24.2 Å². The highest BCUT2D eigenvalue weighted by Crippen LogP contribution is 2.28. The van der Waals surface area contributed by atoms with Crippen molar-refractivity contribution in [1.29, 1.82) is 0 Å². The van der Waals surface area contributed by atoms with Crippen molar-refractivity contribution in [2.24, 2.45) is 17.3 Å². The first-order valence-corrected chi connectivity index (χ1v) is 7.74. The van der Waals surface area contributed by atoms with Crippen molar-refractivity contribution in [3.63, 3.8) is 0 Å². The SMILES string of the molecule is CC(CC(=O)NC1CCCCCC1C(=O)O)C(C)(C)C. The Morgan fingerprint density at radius 3 is 2.35 bits per heavy atom. The van der Waals surface area contributed by atoms with Gasteiger partial charge in [-0.25, -0.2) is 0 Å². The van der Waals surface area contributed by atoms with E-state index in [4.69, 9.17) is 0 Å². The summed E-state index contributed by atoms with van der Waals surface area (Å²) in [6.45, 7) is 8.44. The number of carboxylic acids is 1. The zero-order valence-electron chi connectivity index (χ0n) is 13.2.